The number of hydrogen-bond donors (Lipinski definition) is 0. The van der Waals surface area contributed by atoms with Gasteiger partial charge >= 0.3 is 0 Å². The number of hydrogen-bond acceptors (Lipinski definition) is 3. The Morgan fingerprint density at radius 3 is 3.06 bits per heavy atom. The van der Waals surface area contributed by atoms with Gasteiger partial charge in [-0.3, -0.25) is 0 Å². The van der Waals surface area contributed by atoms with Gasteiger partial charge in [0.1, 0.15) is 11.4 Å². The maximum atomic E-state index is 5.20. The zero-order valence-corrected chi connectivity index (χ0v) is 9.15. The monoisotopic (exact) mass is 225 g/mol. The number of rotatable bonds is 2. The molecule has 17 heavy (non-hydrogen) atoms. The second-order valence-corrected chi connectivity index (χ2v) is 4.50. The van der Waals surface area contributed by atoms with Crippen LogP contribution >= 0.6 is 0 Å². The zero-order chi connectivity index (χ0) is 11.2. The molecule has 3 heterocycles. The molecule has 1 fully saturated rings. The van der Waals surface area contributed by atoms with E-state index in [0.717, 1.165) is 23.5 Å². The first-order valence-corrected chi connectivity index (χ1v) is 5.76. The Morgan fingerprint density at radius 1 is 1.24 bits per heavy atom. The highest BCUT2D eigenvalue weighted by molar-refractivity contribution is 5.42. The Hall–Kier alpha value is -2.10. The van der Waals surface area contributed by atoms with E-state index in [0.29, 0.717) is 11.8 Å². The molecular weight excluding hydrogens is 214 g/mol. The molecule has 3 aromatic rings. The van der Waals surface area contributed by atoms with Gasteiger partial charge in [0.25, 0.3) is 0 Å². The van der Waals surface area contributed by atoms with E-state index in [4.69, 9.17) is 4.52 Å². The quantitative estimate of drug-likeness (QED) is 0.673. The lowest BCUT2D eigenvalue weighted by Gasteiger charge is -1.90. The highest BCUT2D eigenvalue weighted by Gasteiger charge is 2.43. The van der Waals surface area contributed by atoms with E-state index in [1.165, 1.54) is 0 Å². The van der Waals surface area contributed by atoms with Gasteiger partial charge in [-0.25, -0.2) is 4.98 Å². The van der Waals surface area contributed by atoms with Crippen LogP contribution in [0.25, 0.3) is 5.65 Å². The van der Waals surface area contributed by atoms with E-state index < -0.39 is 0 Å². The molecule has 1 aliphatic rings. The Bertz CT molecular complexity index is 623. The number of pyridine rings is 1. The fraction of sp³-hybridized carbons (Fsp3) is 0.231. The minimum Gasteiger partial charge on any atom is -0.361 e. The van der Waals surface area contributed by atoms with Gasteiger partial charge in [0.2, 0.25) is 0 Å². The van der Waals surface area contributed by atoms with Crippen LogP contribution in [0.2, 0.25) is 0 Å². The highest BCUT2D eigenvalue weighted by Crippen LogP contribution is 2.54. The van der Waals surface area contributed by atoms with Gasteiger partial charge in [-0.05, 0) is 18.6 Å². The number of aromatic nitrogens is 3. The predicted octanol–water partition coefficient (Wildman–Crippen LogP) is 2.59. The fourth-order valence-electron chi connectivity index (χ4n) is 2.39. The van der Waals surface area contributed by atoms with Crippen LogP contribution in [0.15, 0.2) is 47.4 Å². The van der Waals surface area contributed by atoms with E-state index in [1.54, 1.807) is 6.20 Å². The lowest BCUT2D eigenvalue weighted by molar-refractivity contribution is 0.383. The summed E-state index contributed by atoms with van der Waals surface area (Å²) < 4.78 is 7.26. The molecule has 0 saturated heterocycles. The lowest BCUT2D eigenvalue weighted by Crippen LogP contribution is -1.81. The second kappa shape index (κ2) is 3.20. The minimum absolute atomic E-state index is 0.461. The van der Waals surface area contributed by atoms with E-state index in [9.17, 15) is 0 Å². The van der Waals surface area contributed by atoms with Crippen LogP contribution in [0, 0.1) is 0 Å². The Labute approximate surface area is 97.9 Å². The molecule has 4 nitrogen and oxygen atoms in total. The summed E-state index contributed by atoms with van der Waals surface area (Å²) in [6.07, 6.45) is 6.95. The van der Waals surface area contributed by atoms with Crippen molar-refractivity contribution in [2.45, 2.75) is 18.3 Å². The van der Waals surface area contributed by atoms with E-state index >= 15 is 0 Å². The van der Waals surface area contributed by atoms with Crippen molar-refractivity contribution in [2.75, 3.05) is 0 Å². The van der Waals surface area contributed by atoms with Crippen LogP contribution in [0.1, 0.15) is 29.7 Å². The van der Waals surface area contributed by atoms with Gasteiger partial charge in [0.05, 0.1) is 11.9 Å². The van der Waals surface area contributed by atoms with Gasteiger partial charge < -0.3 is 8.92 Å². The third-order valence-electron chi connectivity index (χ3n) is 3.38. The van der Waals surface area contributed by atoms with Gasteiger partial charge in [-0.15, -0.1) is 0 Å². The van der Waals surface area contributed by atoms with Gasteiger partial charge in [0.15, 0.2) is 0 Å². The standard InChI is InChI=1S/C13H11N3O/c1-2-6-16-8-11(15-13(16)3-1)9-7-10(9)12-4-5-14-17-12/h1-6,8-10H,7H2. The van der Waals surface area contributed by atoms with Crippen molar-refractivity contribution in [3.63, 3.8) is 0 Å². The highest BCUT2D eigenvalue weighted by atomic mass is 16.5. The maximum Gasteiger partial charge on any atom is 0.140 e. The summed E-state index contributed by atoms with van der Waals surface area (Å²) in [5, 5.41) is 3.75. The Morgan fingerprint density at radius 2 is 2.24 bits per heavy atom. The van der Waals surface area contributed by atoms with E-state index in [2.05, 4.69) is 20.7 Å². The maximum absolute atomic E-state index is 5.20. The second-order valence-electron chi connectivity index (χ2n) is 4.50. The summed E-state index contributed by atoms with van der Waals surface area (Å²) >= 11 is 0. The first-order valence-electron chi connectivity index (χ1n) is 5.76. The normalized spacial score (nSPS) is 23.1. The molecule has 3 aromatic heterocycles. The number of imidazole rings is 1. The van der Waals surface area contributed by atoms with Gasteiger partial charge in [0, 0.05) is 30.3 Å². The predicted molar refractivity (Wildman–Crippen MR) is 61.8 cm³/mol. The van der Waals surface area contributed by atoms with Crippen LogP contribution in [-0.2, 0) is 0 Å². The summed E-state index contributed by atoms with van der Waals surface area (Å²) in [4.78, 5) is 4.64. The molecule has 0 aromatic carbocycles. The average Bonchev–Trinajstić information content (AvgIpc) is 2.81. The third kappa shape index (κ3) is 1.37. The van der Waals surface area contributed by atoms with Crippen molar-refractivity contribution in [1.29, 1.82) is 0 Å². The molecule has 2 atom stereocenters. The molecule has 0 spiro atoms. The van der Waals surface area contributed by atoms with Gasteiger partial charge in [-0.1, -0.05) is 11.2 Å². The molecule has 1 saturated carbocycles. The van der Waals surface area contributed by atoms with Gasteiger partial charge in [-0.2, -0.15) is 0 Å². The van der Waals surface area contributed by atoms with Crippen molar-refractivity contribution in [2.24, 2.45) is 0 Å². The zero-order valence-electron chi connectivity index (χ0n) is 9.15. The molecule has 4 heteroatoms. The van der Waals surface area contributed by atoms with Crippen molar-refractivity contribution in [1.82, 2.24) is 14.5 Å². The van der Waals surface area contributed by atoms with Crippen molar-refractivity contribution >= 4 is 5.65 Å². The molecule has 2 unspecified atom stereocenters. The number of fused-ring (bicyclic) bond motifs is 1. The SMILES string of the molecule is c1ccn2cc(C3CC3c3ccno3)nc2c1. The van der Waals surface area contributed by atoms with Crippen LogP contribution in [0.4, 0.5) is 0 Å². The largest absolute Gasteiger partial charge is 0.361 e. The Kier molecular flexibility index (Phi) is 1.69. The van der Waals surface area contributed by atoms with Crippen LogP contribution in [-0.4, -0.2) is 14.5 Å². The van der Waals surface area contributed by atoms with Crippen molar-refractivity contribution < 1.29 is 4.52 Å². The molecule has 0 bridgehead atoms. The third-order valence-corrected chi connectivity index (χ3v) is 3.38. The molecule has 0 amide bonds. The molecule has 0 aliphatic heterocycles. The Balaban J connectivity index is 1.68. The summed E-state index contributed by atoms with van der Waals surface area (Å²) in [5.74, 6) is 1.93. The molecule has 0 radical (unpaired) electrons. The average molecular weight is 225 g/mol. The van der Waals surface area contributed by atoms with E-state index in [1.807, 2.05) is 30.5 Å². The minimum atomic E-state index is 0.461. The first-order chi connectivity index (χ1) is 8.42. The van der Waals surface area contributed by atoms with Crippen LogP contribution in [0.5, 0.6) is 0 Å². The van der Waals surface area contributed by atoms with Crippen molar-refractivity contribution in [3.05, 3.63) is 54.3 Å². The topological polar surface area (TPSA) is 43.3 Å². The summed E-state index contributed by atoms with van der Waals surface area (Å²) in [7, 11) is 0. The summed E-state index contributed by atoms with van der Waals surface area (Å²) in [6.45, 7) is 0. The molecular formula is C13H11N3O. The van der Waals surface area contributed by atoms with E-state index in [-0.39, 0.29) is 0 Å². The van der Waals surface area contributed by atoms with Crippen LogP contribution < -0.4 is 0 Å². The summed E-state index contributed by atoms with van der Waals surface area (Å²) in [6, 6.07) is 7.99. The number of nitrogens with zero attached hydrogens (tertiary/aromatic N) is 3. The molecule has 84 valence electrons. The van der Waals surface area contributed by atoms with Crippen LogP contribution in [0.3, 0.4) is 0 Å². The molecule has 0 N–H and O–H groups in total. The first kappa shape index (κ1) is 8.98. The summed E-state index contributed by atoms with van der Waals surface area (Å²) in [5.41, 5.74) is 2.16. The fourth-order valence-corrected chi connectivity index (χ4v) is 2.39. The molecule has 1 aliphatic carbocycles. The smallest absolute Gasteiger partial charge is 0.140 e. The lowest BCUT2D eigenvalue weighted by atomic mass is 10.2. The van der Waals surface area contributed by atoms with Crippen molar-refractivity contribution in [3.8, 4) is 0 Å². The molecule has 4 rings (SSSR count).